The van der Waals surface area contributed by atoms with Gasteiger partial charge < -0.3 is 10.6 Å². The zero-order valence-electron chi connectivity index (χ0n) is 10.7. The van der Waals surface area contributed by atoms with E-state index in [9.17, 15) is 4.79 Å². The van der Waals surface area contributed by atoms with Gasteiger partial charge >= 0.3 is 0 Å². The average Bonchev–Trinajstić information content (AvgIpc) is 2.93. The number of anilines is 1. The van der Waals surface area contributed by atoms with Crippen LogP contribution in [0.2, 0.25) is 0 Å². The molecular formula is C13H16N4OS. The number of thiazole rings is 1. The first-order valence-electron chi connectivity index (χ1n) is 6.16. The number of aryl methyl sites for hydroxylation is 1. The third-order valence-corrected chi connectivity index (χ3v) is 3.64. The number of amides is 1. The second-order valence-electron chi connectivity index (χ2n) is 3.89. The minimum Gasteiger partial charge on any atom is -0.383 e. The second kappa shape index (κ2) is 6.84. The van der Waals surface area contributed by atoms with Crippen LogP contribution in [0.3, 0.4) is 0 Å². The van der Waals surface area contributed by atoms with E-state index in [0.29, 0.717) is 18.0 Å². The highest BCUT2D eigenvalue weighted by Gasteiger charge is 2.08. The van der Waals surface area contributed by atoms with Gasteiger partial charge in [0.2, 0.25) is 0 Å². The molecule has 0 aliphatic carbocycles. The maximum atomic E-state index is 11.8. The molecule has 0 bridgehead atoms. The molecule has 0 saturated carbocycles. The van der Waals surface area contributed by atoms with Crippen LogP contribution in [0.15, 0.2) is 30.7 Å². The highest BCUT2D eigenvalue weighted by atomic mass is 32.1. The zero-order valence-corrected chi connectivity index (χ0v) is 11.5. The van der Waals surface area contributed by atoms with E-state index in [1.807, 2.05) is 19.1 Å². The quantitative estimate of drug-likeness (QED) is 0.791. The molecule has 2 heterocycles. The smallest absolute Gasteiger partial charge is 0.263 e. The van der Waals surface area contributed by atoms with Gasteiger partial charge in [0, 0.05) is 31.2 Å². The molecule has 100 valence electrons. The average molecular weight is 276 g/mol. The Morgan fingerprint density at radius 2 is 2.11 bits per heavy atom. The number of nitrogens with zero attached hydrogens (tertiary/aromatic N) is 2. The van der Waals surface area contributed by atoms with E-state index >= 15 is 0 Å². The number of carbonyl (C=O) groups excluding carboxylic acids is 1. The molecule has 2 aromatic rings. The van der Waals surface area contributed by atoms with Crippen molar-refractivity contribution in [1.82, 2.24) is 15.3 Å². The predicted molar refractivity (Wildman–Crippen MR) is 76.6 cm³/mol. The lowest BCUT2D eigenvalue weighted by atomic mass is 10.4. The molecule has 6 heteroatoms. The second-order valence-corrected chi connectivity index (χ2v) is 5.01. The molecule has 0 fully saturated rings. The van der Waals surface area contributed by atoms with E-state index in [0.717, 1.165) is 17.1 Å². The first kappa shape index (κ1) is 13.5. The summed E-state index contributed by atoms with van der Waals surface area (Å²) in [6.45, 7) is 3.27. The van der Waals surface area contributed by atoms with Crippen molar-refractivity contribution in [3.05, 3.63) is 40.6 Å². The number of pyridine rings is 1. The zero-order chi connectivity index (χ0) is 13.5. The summed E-state index contributed by atoms with van der Waals surface area (Å²) in [5.74, 6) is -0.0614. The number of aromatic nitrogens is 2. The first-order chi connectivity index (χ1) is 9.29. The molecule has 19 heavy (non-hydrogen) atoms. The Labute approximate surface area is 116 Å². The Morgan fingerprint density at radius 3 is 2.79 bits per heavy atom. The van der Waals surface area contributed by atoms with Gasteiger partial charge in [0.15, 0.2) is 0 Å². The number of hydrogen-bond donors (Lipinski definition) is 2. The van der Waals surface area contributed by atoms with Gasteiger partial charge in [0.05, 0.1) is 11.2 Å². The van der Waals surface area contributed by atoms with Crippen LogP contribution in [0.4, 0.5) is 5.69 Å². The minimum absolute atomic E-state index is 0.0614. The molecule has 0 saturated heterocycles. The summed E-state index contributed by atoms with van der Waals surface area (Å²) in [6, 6.07) is 3.77. The summed E-state index contributed by atoms with van der Waals surface area (Å²) in [7, 11) is 0. The van der Waals surface area contributed by atoms with E-state index in [2.05, 4.69) is 20.6 Å². The van der Waals surface area contributed by atoms with Crippen LogP contribution < -0.4 is 10.6 Å². The van der Waals surface area contributed by atoms with Crippen LogP contribution >= 0.6 is 11.3 Å². The molecular weight excluding hydrogens is 260 g/mol. The molecule has 0 aromatic carbocycles. The van der Waals surface area contributed by atoms with E-state index < -0.39 is 0 Å². The minimum atomic E-state index is -0.0614. The van der Waals surface area contributed by atoms with Crippen molar-refractivity contribution in [3.63, 3.8) is 0 Å². The lowest BCUT2D eigenvalue weighted by Crippen LogP contribution is -2.28. The van der Waals surface area contributed by atoms with Crippen molar-refractivity contribution >= 4 is 22.9 Å². The molecule has 2 rings (SSSR count). The Balaban J connectivity index is 1.72. The Hall–Kier alpha value is -1.95. The topological polar surface area (TPSA) is 66.9 Å². The van der Waals surface area contributed by atoms with Crippen molar-refractivity contribution in [2.75, 3.05) is 18.4 Å². The maximum absolute atomic E-state index is 11.8. The van der Waals surface area contributed by atoms with E-state index in [4.69, 9.17) is 0 Å². The number of hydrogen-bond acceptors (Lipinski definition) is 5. The van der Waals surface area contributed by atoms with Crippen LogP contribution in [0.25, 0.3) is 0 Å². The molecule has 0 atom stereocenters. The monoisotopic (exact) mass is 276 g/mol. The third-order valence-electron chi connectivity index (χ3n) is 2.50. The van der Waals surface area contributed by atoms with Gasteiger partial charge in [-0.2, -0.15) is 0 Å². The lowest BCUT2D eigenvalue weighted by molar-refractivity contribution is 0.0959. The van der Waals surface area contributed by atoms with E-state index in [1.54, 1.807) is 18.6 Å². The van der Waals surface area contributed by atoms with Crippen LogP contribution in [0.1, 0.15) is 21.6 Å². The van der Waals surface area contributed by atoms with Crippen molar-refractivity contribution in [3.8, 4) is 0 Å². The van der Waals surface area contributed by atoms with E-state index in [-0.39, 0.29) is 5.91 Å². The van der Waals surface area contributed by atoms with Gasteiger partial charge in [-0.3, -0.25) is 9.78 Å². The molecule has 0 unspecified atom stereocenters. The number of carbonyl (C=O) groups is 1. The standard InChI is InChI=1S/C13H16N4OS/c1-2-12-17-9-11(19-12)13(18)16-8-7-15-10-3-5-14-6-4-10/h3-6,9H,2,7-8H2,1H3,(H,14,15)(H,16,18). The van der Waals surface area contributed by atoms with Gasteiger partial charge in [-0.05, 0) is 18.6 Å². The molecule has 0 aliphatic rings. The molecule has 5 nitrogen and oxygen atoms in total. The molecule has 2 aromatic heterocycles. The van der Waals surface area contributed by atoms with Gasteiger partial charge in [-0.25, -0.2) is 4.98 Å². The van der Waals surface area contributed by atoms with Crippen LogP contribution in [-0.4, -0.2) is 29.0 Å². The summed E-state index contributed by atoms with van der Waals surface area (Å²) >= 11 is 1.44. The van der Waals surface area contributed by atoms with Gasteiger partial charge in [-0.15, -0.1) is 11.3 Å². The van der Waals surface area contributed by atoms with Crippen LogP contribution in [0.5, 0.6) is 0 Å². The fourth-order valence-corrected chi connectivity index (χ4v) is 2.29. The number of nitrogens with one attached hydrogen (secondary N) is 2. The highest BCUT2D eigenvalue weighted by molar-refractivity contribution is 7.13. The fraction of sp³-hybridized carbons (Fsp3) is 0.308. The van der Waals surface area contributed by atoms with Crippen LogP contribution in [0, 0.1) is 0 Å². The molecule has 0 aliphatic heterocycles. The van der Waals surface area contributed by atoms with Crippen molar-refractivity contribution < 1.29 is 4.79 Å². The van der Waals surface area contributed by atoms with Gasteiger partial charge in [0.1, 0.15) is 4.88 Å². The van der Waals surface area contributed by atoms with Crippen molar-refractivity contribution in [2.45, 2.75) is 13.3 Å². The summed E-state index contributed by atoms with van der Waals surface area (Å²) in [4.78, 5) is 20.6. The molecule has 1 amide bonds. The normalized spacial score (nSPS) is 10.2. The fourth-order valence-electron chi connectivity index (χ4n) is 1.52. The largest absolute Gasteiger partial charge is 0.383 e. The predicted octanol–water partition coefficient (Wildman–Crippen LogP) is 1.94. The SMILES string of the molecule is CCc1ncc(C(=O)NCCNc2ccncc2)s1. The summed E-state index contributed by atoms with van der Waals surface area (Å²) < 4.78 is 0. The Bertz CT molecular complexity index is 526. The molecule has 0 radical (unpaired) electrons. The molecule has 2 N–H and O–H groups in total. The highest BCUT2D eigenvalue weighted by Crippen LogP contribution is 2.12. The van der Waals surface area contributed by atoms with Gasteiger partial charge in [0.25, 0.3) is 5.91 Å². The number of rotatable bonds is 6. The third kappa shape index (κ3) is 4.03. The maximum Gasteiger partial charge on any atom is 0.263 e. The Kier molecular flexibility index (Phi) is 4.85. The van der Waals surface area contributed by atoms with Crippen molar-refractivity contribution in [1.29, 1.82) is 0 Å². The summed E-state index contributed by atoms with van der Waals surface area (Å²) in [5, 5.41) is 7.05. The Morgan fingerprint density at radius 1 is 1.32 bits per heavy atom. The first-order valence-corrected chi connectivity index (χ1v) is 6.98. The van der Waals surface area contributed by atoms with Gasteiger partial charge in [-0.1, -0.05) is 6.92 Å². The summed E-state index contributed by atoms with van der Waals surface area (Å²) in [6.07, 6.45) is 5.95. The summed E-state index contributed by atoms with van der Waals surface area (Å²) in [5.41, 5.74) is 0.996. The van der Waals surface area contributed by atoms with Crippen LogP contribution in [-0.2, 0) is 6.42 Å². The lowest BCUT2D eigenvalue weighted by Gasteiger charge is -2.06. The molecule has 0 spiro atoms. The van der Waals surface area contributed by atoms with Crippen molar-refractivity contribution in [2.24, 2.45) is 0 Å². The van der Waals surface area contributed by atoms with E-state index in [1.165, 1.54) is 11.3 Å².